The van der Waals surface area contributed by atoms with E-state index in [0.717, 1.165) is 5.69 Å². The van der Waals surface area contributed by atoms with Crippen molar-refractivity contribution in [2.75, 3.05) is 18.5 Å². The van der Waals surface area contributed by atoms with E-state index in [1.807, 2.05) is 20.8 Å². The lowest BCUT2D eigenvalue weighted by Crippen LogP contribution is -2.54. The van der Waals surface area contributed by atoms with Gasteiger partial charge < -0.3 is 14.2 Å². The highest BCUT2D eigenvalue weighted by Crippen LogP contribution is 2.29. The van der Waals surface area contributed by atoms with Gasteiger partial charge in [-0.3, -0.25) is 4.79 Å². The molecule has 2 amide bonds. The number of anilines is 1. The second-order valence-corrected chi connectivity index (χ2v) is 6.23. The standard InChI is InChI=1S/C14H21N3O4/c1-9(18)20-11-6-7-16(5)13(19)17(11)12-8-10(15-21-12)14(2,3)4/h8,11H,6-7H2,1-5H3. The van der Waals surface area contributed by atoms with E-state index in [0.29, 0.717) is 18.8 Å². The van der Waals surface area contributed by atoms with Gasteiger partial charge in [-0.15, -0.1) is 0 Å². The summed E-state index contributed by atoms with van der Waals surface area (Å²) in [5.74, 6) is -0.138. The molecule has 2 rings (SSSR count). The van der Waals surface area contributed by atoms with Crippen LogP contribution >= 0.6 is 0 Å². The number of rotatable bonds is 2. The lowest BCUT2D eigenvalue weighted by atomic mass is 9.92. The second kappa shape index (κ2) is 5.38. The Balaban J connectivity index is 2.33. The Labute approximate surface area is 123 Å². The smallest absolute Gasteiger partial charge is 0.329 e. The molecule has 1 atom stereocenters. The highest BCUT2D eigenvalue weighted by atomic mass is 16.6. The van der Waals surface area contributed by atoms with Gasteiger partial charge in [0.2, 0.25) is 5.88 Å². The number of hydrogen-bond donors (Lipinski definition) is 0. The molecule has 2 heterocycles. The van der Waals surface area contributed by atoms with Crippen molar-refractivity contribution in [3.63, 3.8) is 0 Å². The molecule has 1 fully saturated rings. The van der Waals surface area contributed by atoms with Crippen LogP contribution in [0.5, 0.6) is 0 Å². The molecule has 1 unspecified atom stereocenters. The van der Waals surface area contributed by atoms with Gasteiger partial charge in [0.1, 0.15) is 0 Å². The summed E-state index contributed by atoms with van der Waals surface area (Å²) in [6.07, 6.45) is -0.139. The van der Waals surface area contributed by atoms with Crippen LogP contribution in [0, 0.1) is 0 Å². The van der Waals surface area contributed by atoms with Crippen molar-refractivity contribution >= 4 is 17.9 Å². The minimum absolute atomic E-state index is 0.191. The van der Waals surface area contributed by atoms with E-state index in [1.54, 1.807) is 18.0 Å². The van der Waals surface area contributed by atoms with Crippen LogP contribution in [0.15, 0.2) is 10.6 Å². The summed E-state index contributed by atoms with van der Waals surface area (Å²) in [4.78, 5) is 26.5. The second-order valence-electron chi connectivity index (χ2n) is 6.23. The third kappa shape index (κ3) is 3.17. The fraction of sp³-hybridized carbons (Fsp3) is 0.643. The first-order valence-electron chi connectivity index (χ1n) is 6.89. The number of carbonyl (C=O) groups excluding carboxylic acids is 2. The Kier molecular flexibility index (Phi) is 3.93. The van der Waals surface area contributed by atoms with Crippen LogP contribution in [0.1, 0.15) is 39.8 Å². The number of ether oxygens (including phenoxy) is 1. The Hall–Kier alpha value is -2.05. The minimum atomic E-state index is -0.660. The maximum absolute atomic E-state index is 12.3. The molecular weight excluding hydrogens is 274 g/mol. The molecule has 0 bridgehead atoms. The number of urea groups is 1. The number of amides is 2. The van der Waals surface area contributed by atoms with Crippen LogP contribution in [0.25, 0.3) is 0 Å². The SMILES string of the molecule is CC(=O)OC1CCN(C)C(=O)N1c1cc(C(C)(C)C)no1. The molecule has 1 aliphatic heterocycles. The molecule has 0 aliphatic carbocycles. The molecule has 0 radical (unpaired) electrons. The molecule has 1 aromatic heterocycles. The molecule has 1 aliphatic rings. The molecule has 21 heavy (non-hydrogen) atoms. The van der Waals surface area contributed by atoms with Gasteiger partial charge in [-0.25, -0.2) is 9.69 Å². The van der Waals surface area contributed by atoms with Crippen molar-refractivity contribution in [3.8, 4) is 0 Å². The lowest BCUT2D eigenvalue weighted by molar-refractivity contribution is -0.146. The van der Waals surface area contributed by atoms with Crippen LogP contribution in [0.4, 0.5) is 10.7 Å². The van der Waals surface area contributed by atoms with E-state index in [9.17, 15) is 9.59 Å². The summed E-state index contributed by atoms with van der Waals surface area (Å²) in [5.41, 5.74) is 0.545. The van der Waals surface area contributed by atoms with Gasteiger partial charge in [-0.05, 0) is 0 Å². The molecule has 7 heteroatoms. The molecule has 0 N–H and O–H groups in total. The summed E-state index contributed by atoms with van der Waals surface area (Å²) in [6.45, 7) is 7.85. The van der Waals surface area contributed by atoms with Gasteiger partial charge in [-0.1, -0.05) is 25.9 Å². The van der Waals surface area contributed by atoms with Crippen molar-refractivity contribution < 1.29 is 18.8 Å². The van der Waals surface area contributed by atoms with E-state index in [4.69, 9.17) is 9.26 Å². The van der Waals surface area contributed by atoms with Gasteiger partial charge in [0.25, 0.3) is 0 Å². The number of esters is 1. The van der Waals surface area contributed by atoms with Crippen molar-refractivity contribution in [1.82, 2.24) is 10.1 Å². The fourth-order valence-corrected chi connectivity index (χ4v) is 2.11. The fourth-order valence-electron chi connectivity index (χ4n) is 2.11. The maximum Gasteiger partial charge on any atom is 0.329 e. The van der Waals surface area contributed by atoms with Gasteiger partial charge in [0, 0.05) is 38.4 Å². The molecular formula is C14H21N3O4. The number of carbonyl (C=O) groups is 2. The maximum atomic E-state index is 12.3. The topological polar surface area (TPSA) is 75.9 Å². The van der Waals surface area contributed by atoms with Crippen molar-refractivity contribution in [2.24, 2.45) is 0 Å². The molecule has 1 saturated heterocycles. The first-order valence-corrected chi connectivity index (χ1v) is 6.89. The Morgan fingerprint density at radius 2 is 2.14 bits per heavy atom. The Morgan fingerprint density at radius 3 is 2.67 bits per heavy atom. The van der Waals surface area contributed by atoms with Crippen molar-refractivity contribution in [2.45, 2.75) is 45.8 Å². The predicted molar refractivity (Wildman–Crippen MR) is 75.9 cm³/mol. The Morgan fingerprint density at radius 1 is 1.48 bits per heavy atom. The molecule has 0 aromatic carbocycles. The summed E-state index contributed by atoms with van der Waals surface area (Å²) in [6, 6.07) is 1.44. The highest BCUT2D eigenvalue weighted by molar-refractivity contribution is 5.92. The van der Waals surface area contributed by atoms with E-state index in [-0.39, 0.29) is 11.4 Å². The molecule has 7 nitrogen and oxygen atoms in total. The zero-order chi connectivity index (χ0) is 15.8. The predicted octanol–water partition coefficient (Wildman–Crippen LogP) is 2.12. The summed E-state index contributed by atoms with van der Waals surface area (Å²) in [5, 5.41) is 4.01. The molecule has 0 spiro atoms. The van der Waals surface area contributed by atoms with E-state index >= 15 is 0 Å². The third-order valence-corrected chi connectivity index (χ3v) is 3.34. The molecule has 0 saturated carbocycles. The number of nitrogens with zero attached hydrogens (tertiary/aromatic N) is 3. The zero-order valence-corrected chi connectivity index (χ0v) is 13.0. The number of aromatic nitrogens is 1. The average Bonchev–Trinajstić information content (AvgIpc) is 2.82. The van der Waals surface area contributed by atoms with Crippen LogP contribution in [-0.4, -0.2) is 41.9 Å². The first-order chi connectivity index (χ1) is 9.70. The quantitative estimate of drug-likeness (QED) is 0.781. The van der Waals surface area contributed by atoms with E-state index in [1.165, 1.54) is 11.8 Å². The monoisotopic (exact) mass is 295 g/mol. The van der Waals surface area contributed by atoms with E-state index < -0.39 is 12.2 Å². The van der Waals surface area contributed by atoms with Crippen LogP contribution in [0.2, 0.25) is 0 Å². The van der Waals surface area contributed by atoms with Crippen molar-refractivity contribution in [1.29, 1.82) is 0 Å². The van der Waals surface area contributed by atoms with Gasteiger partial charge in [0.15, 0.2) is 6.23 Å². The van der Waals surface area contributed by atoms with Crippen LogP contribution in [0.3, 0.4) is 0 Å². The summed E-state index contributed by atoms with van der Waals surface area (Å²) in [7, 11) is 1.69. The van der Waals surface area contributed by atoms with Gasteiger partial charge in [-0.2, -0.15) is 0 Å². The van der Waals surface area contributed by atoms with Crippen molar-refractivity contribution in [3.05, 3.63) is 11.8 Å². The lowest BCUT2D eigenvalue weighted by Gasteiger charge is -2.37. The minimum Gasteiger partial charge on any atom is -0.441 e. The van der Waals surface area contributed by atoms with E-state index in [2.05, 4.69) is 5.16 Å². The highest BCUT2D eigenvalue weighted by Gasteiger charge is 2.37. The summed E-state index contributed by atoms with van der Waals surface area (Å²) >= 11 is 0. The van der Waals surface area contributed by atoms with Crippen LogP contribution in [-0.2, 0) is 14.9 Å². The molecule has 116 valence electrons. The van der Waals surface area contributed by atoms with Crippen LogP contribution < -0.4 is 4.90 Å². The average molecular weight is 295 g/mol. The van der Waals surface area contributed by atoms with Gasteiger partial charge >= 0.3 is 12.0 Å². The molecule has 1 aromatic rings. The normalized spacial score (nSPS) is 19.9. The number of hydrogen-bond acceptors (Lipinski definition) is 5. The third-order valence-electron chi connectivity index (χ3n) is 3.34. The zero-order valence-electron chi connectivity index (χ0n) is 13.0. The van der Waals surface area contributed by atoms with Gasteiger partial charge in [0.05, 0.1) is 5.69 Å². The Bertz CT molecular complexity index is 547. The largest absolute Gasteiger partial charge is 0.441 e. The summed E-state index contributed by atoms with van der Waals surface area (Å²) < 4.78 is 10.5. The first kappa shape index (κ1) is 15.3.